The molecule has 2 fully saturated rings. The van der Waals surface area contributed by atoms with E-state index in [0.717, 1.165) is 10.2 Å². The Kier molecular flexibility index (Phi) is 4.66. The molecule has 5 nitrogen and oxygen atoms in total. The number of fused-ring (bicyclic) bond motifs is 1. The lowest BCUT2D eigenvalue weighted by Crippen LogP contribution is -2.37. The summed E-state index contributed by atoms with van der Waals surface area (Å²) in [7, 11) is -3.07. The van der Waals surface area contributed by atoms with E-state index in [9.17, 15) is 13.2 Å². The van der Waals surface area contributed by atoms with E-state index in [-0.39, 0.29) is 28.7 Å². The zero-order valence-corrected chi connectivity index (χ0v) is 16.8. The lowest BCUT2D eigenvalue weighted by Gasteiger charge is -2.24. The fraction of sp³-hybridized carbons (Fsp3) is 0.222. The van der Waals surface area contributed by atoms with Crippen molar-refractivity contribution in [3.63, 3.8) is 0 Å². The molecule has 2 aromatic carbocycles. The molecular formula is C18H15BrN2O3S2. The van der Waals surface area contributed by atoms with Crippen LogP contribution in [0.5, 0.6) is 0 Å². The molecule has 4 rings (SSSR count). The number of rotatable bonds is 2. The van der Waals surface area contributed by atoms with Crippen LogP contribution in [0.3, 0.4) is 0 Å². The predicted octanol–water partition coefficient (Wildman–Crippen LogP) is 3.36. The summed E-state index contributed by atoms with van der Waals surface area (Å²) in [4.78, 5) is 18.7. The van der Waals surface area contributed by atoms with E-state index in [1.165, 1.54) is 11.8 Å². The molecule has 1 amide bonds. The van der Waals surface area contributed by atoms with Gasteiger partial charge in [0, 0.05) is 21.0 Å². The number of amidine groups is 1. The Morgan fingerprint density at radius 2 is 1.77 bits per heavy atom. The van der Waals surface area contributed by atoms with Crippen molar-refractivity contribution < 1.29 is 13.2 Å². The van der Waals surface area contributed by atoms with Gasteiger partial charge in [-0.1, -0.05) is 45.9 Å². The number of nitrogens with zero attached hydrogens (tertiary/aromatic N) is 2. The molecule has 0 bridgehead atoms. The lowest BCUT2D eigenvalue weighted by molar-refractivity contribution is 0.100. The van der Waals surface area contributed by atoms with E-state index in [2.05, 4.69) is 20.9 Å². The number of carbonyl (C=O) groups is 1. The number of thioether (sulfide) groups is 1. The molecule has 2 heterocycles. The van der Waals surface area contributed by atoms with Crippen LogP contribution in [0.25, 0.3) is 0 Å². The number of hydrogen-bond acceptors (Lipinski definition) is 4. The van der Waals surface area contributed by atoms with Crippen LogP contribution in [0.4, 0.5) is 5.69 Å². The number of amides is 1. The highest BCUT2D eigenvalue weighted by atomic mass is 79.9. The third-order valence-electron chi connectivity index (χ3n) is 4.39. The summed E-state index contributed by atoms with van der Waals surface area (Å²) >= 11 is 4.79. The maximum atomic E-state index is 12.5. The van der Waals surface area contributed by atoms with Gasteiger partial charge in [-0.15, -0.1) is 0 Å². The second-order valence-electron chi connectivity index (χ2n) is 6.21. The molecule has 0 unspecified atom stereocenters. The highest BCUT2D eigenvalue weighted by Gasteiger charge is 2.49. The van der Waals surface area contributed by atoms with Gasteiger partial charge in [-0.2, -0.15) is 4.99 Å². The van der Waals surface area contributed by atoms with E-state index in [4.69, 9.17) is 0 Å². The molecule has 0 radical (unpaired) electrons. The van der Waals surface area contributed by atoms with Gasteiger partial charge in [0.25, 0.3) is 5.91 Å². The van der Waals surface area contributed by atoms with Crippen molar-refractivity contribution in [2.45, 2.75) is 11.3 Å². The van der Waals surface area contributed by atoms with Gasteiger partial charge in [0.2, 0.25) is 0 Å². The minimum atomic E-state index is -3.07. The lowest BCUT2D eigenvalue weighted by atomic mass is 10.2. The van der Waals surface area contributed by atoms with Crippen molar-refractivity contribution in [1.82, 2.24) is 0 Å². The molecule has 0 saturated carbocycles. The topological polar surface area (TPSA) is 66.8 Å². The van der Waals surface area contributed by atoms with Gasteiger partial charge < -0.3 is 4.90 Å². The number of anilines is 1. The number of benzene rings is 2. The zero-order valence-electron chi connectivity index (χ0n) is 13.6. The first kappa shape index (κ1) is 17.8. The number of aliphatic imine (C=N–C) groups is 1. The molecule has 2 aromatic rings. The minimum Gasteiger partial charge on any atom is -0.316 e. The highest BCUT2D eigenvalue weighted by molar-refractivity contribution is 9.10. The van der Waals surface area contributed by atoms with Crippen LogP contribution in [0.1, 0.15) is 10.4 Å². The first-order valence-electron chi connectivity index (χ1n) is 8.03. The average molecular weight is 451 g/mol. The molecule has 0 aromatic heterocycles. The van der Waals surface area contributed by atoms with Gasteiger partial charge in [0.1, 0.15) is 0 Å². The standard InChI is InChI=1S/C18H15BrN2O3S2/c19-13-6-8-14(9-7-13)21-15-10-26(23,24)11-16(15)25-18(21)20-17(22)12-4-2-1-3-5-12/h1-9,15-16H,10-11H2/t15-,16+/m1/s1. The fourth-order valence-corrected chi connectivity index (χ4v) is 7.38. The Morgan fingerprint density at radius 3 is 2.46 bits per heavy atom. The van der Waals surface area contributed by atoms with Crippen LogP contribution in [-0.4, -0.2) is 42.3 Å². The van der Waals surface area contributed by atoms with Gasteiger partial charge in [0.15, 0.2) is 15.0 Å². The molecule has 0 N–H and O–H groups in total. The van der Waals surface area contributed by atoms with E-state index < -0.39 is 9.84 Å². The van der Waals surface area contributed by atoms with Crippen LogP contribution in [0.15, 0.2) is 64.1 Å². The Hall–Kier alpha value is -1.64. The molecule has 134 valence electrons. The van der Waals surface area contributed by atoms with Crippen molar-refractivity contribution in [3.8, 4) is 0 Å². The van der Waals surface area contributed by atoms with Crippen molar-refractivity contribution in [2.24, 2.45) is 4.99 Å². The summed E-state index contributed by atoms with van der Waals surface area (Å²) in [6, 6.07) is 16.3. The summed E-state index contributed by atoms with van der Waals surface area (Å²) < 4.78 is 25.1. The molecular weight excluding hydrogens is 436 g/mol. The maximum Gasteiger partial charge on any atom is 0.279 e. The van der Waals surface area contributed by atoms with Crippen LogP contribution in [-0.2, 0) is 9.84 Å². The SMILES string of the molecule is O=C(N=C1S[C@H]2CS(=O)(=O)C[C@H]2N1c1ccc(Br)cc1)c1ccccc1. The summed E-state index contributed by atoms with van der Waals surface area (Å²) in [5.41, 5.74) is 1.35. The molecule has 2 aliphatic heterocycles. The Morgan fingerprint density at radius 1 is 1.08 bits per heavy atom. The van der Waals surface area contributed by atoms with Gasteiger partial charge in [0.05, 0.1) is 17.5 Å². The van der Waals surface area contributed by atoms with E-state index in [1.807, 2.05) is 35.2 Å². The fourth-order valence-electron chi connectivity index (χ4n) is 3.20. The number of hydrogen-bond donors (Lipinski definition) is 0. The van der Waals surface area contributed by atoms with Crippen LogP contribution in [0, 0.1) is 0 Å². The van der Waals surface area contributed by atoms with Gasteiger partial charge in [-0.25, -0.2) is 8.42 Å². The van der Waals surface area contributed by atoms with Gasteiger partial charge in [-0.05, 0) is 36.4 Å². The van der Waals surface area contributed by atoms with Gasteiger partial charge in [-0.3, -0.25) is 4.79 Å². The van der Waals surface area contributed by atoms with Crippen LogP contribution in [0.2, 0.25) is 0 Å². The van der Waals surface area contributed by atoms with E-state index in [1.54, 1.807) is 24.3 Å². The van der Waals surface area contributed by atoms with Crippen molar-refractivity contribution in [3.05, 3.63) is 64.6 Å². The first-order chi connectivity index (χ1) is 12.4. The quantitative estimate of drug-likeness (QED) is 0.701. The number of carbonyl (C=O) groups excluding carboxylic acids is 1. The largest absolute Gasteiger partial charge is 0.316 e. The molecule has 2 saturated heterocycles. The van der Waals surface area contributed by atoms with Crippen LogP contribution >= 0.6 is 27.7 Å². The normalized spacial score (nSPS) is 25.4. The molecule has 8 heteroatoms. The Bertz CT molecular complexity index is 975. The van der Waals surface area contributed by atoms with Crippen LogP contribution < -0.4 is 4.90 Å². The minimum absolute atomic E-state index is 0.0826. The van der Waals surface area contributed by atoms with Gasteiger partial charge >= 0.3 is 0 Å². The smallest absolute Gasteiger partial charge is 0.279 e. The monoisotopic (exact) mass is 450 g/mol. The average Bonchev–Trinajstić information content (AvgIpc) is 3.07. The summed E-state index contributed by atoms with van der Waals surface area (Å²) in [6.07, 6.45) is 0. The third kappa shape index (κ3) is 3.45. The Balaban J connectivity index is 1.72. The third-order valence-corrected chi connectivity index (χ3v) is 8.13. The summed E-state index contributed by atoms with van der Waals surface area (Å²) in [5.74, 6) is -0.120. The zero-order chi connectivity index (χ0) is 18.3. The molecule has 26 heavy (non-hydrogen) atoms. The molecule has 2 aliphatic rings. The molecule has 0 aliphatic carbocycles. The summed E-state index contributed by atoms with van der Waals surface area (Å²) in [5, 5.41) is 0.456. The summed E-state index contributed by atoms with van der Waals surface area (Å²) in [6.45, 7) is 0. The molecule has 2 atom stereocenters. The highest BCUT2D eigenvalue weighted by Crippen LogP contribution is 2.41. The van der Waals surface area contributed by atoms with E-state index in [0.29, 0.717) is 10.7 Å². The second-order valence-corrected chi connectivity index (χ2v) is 10.5. The Labute approximate surface area is 164 Å². The number of sulfone groups is 1. The number of halogens is 1. The predicted molar refractivity (Wildman–Crippen MR) is 109 cm³/mol. The first-order valence-corrected chi connectivity index (χ1v) is 11.5. The van der Waals surface area contributed by atoms with Crippen molar-refractivity contribution in [2.75, 3.05) is 16.4 Å². The second kappa shape index (κ2) is 6.83. The van der Waals surface area contributed by atoms with Crippen molar-refractivity contribution in [1.29, 1.82) is 0 Å². The van der Waals surface area contributed by atoms with Crippen molar-refractivity contribution >= 4 is 54.3 Å². The molecule has 0 spiro atoms. The van der Waals surface area contributed by atoms with E-state index >= 15 is 0 Å². The maximum absolute atomic E-state index is 12.5.